The van der Waals surface area contributed by atoms with Crippen molar-refractivity contribution in [2.75, 3.05) is 9.80 Å². The van der Waals surface area contributed by atoms with Crippen LogP contribution >= 0.6 is 12.2 Å². The minimum atomic E-state index is -0.483. The fourth-order valence-electron chi connectivity index (χ4n) is 4.93. The zero-order valence-corrected chi connectivity index (χ0v) is 20.7. The van der Waals surface area contributed by atoms with Gasteiger partial charge in [0.1, 0.15) is 5.57 Å². The Hall–Kier alpha value is -3.25. The van der Waals surface area contributed by atoms with E-state index >= 15 is 0 Å². The summed E-state index contributed by atoms with van der Waals surface area (Å²) in [4.78, 5) is 29.8. The standard InChI is InChI=1S/C27H29N3O2S/c1-16(2)30-23-11-10-19(13-21(23)18(4)15-27(30,5)6)14-22-24(31)28-26(33)29(25(22)32)20-9-7-8-17(3)12-20/h7-16H,1-6H3,(H,28,31,33)/b22-14+. The van der Waals surface area contributed by atoms with Crippen LogP contribution in [0, 0.1) is 6.92 Å². The quantitative estimate of drug-likeness (QED) is 0.388. The lowest BCUT2D eigenvalue weighted by atomic mass is 9.86. The average Bonchev–Trinajstić information content (AvgIpc) is 2.70. The van der Waals surface area contributed by atoms with Crippen molar-refractivity contribution in [1.29, 1.82) is 0 Å². The van der Waals surface area contributed by atoms with Gasteiger partial charge in [-0.15, -0.1) is 0 Å². The number of hydrogen-bond acceptors (Lipinski definition) is 4. The first-order chi connectivity index (χ1) is 15.5. The van der Waals surface area contributed by atoms with E-state index < -0.39 is 11.8 Å². The van der Waals surface area contributed by atoms with Crippen LogP contribution in [0.25, 0.3) is 11.6 Å². The summed E-state index contributed by atoms with van der Waals surface area (Å²) in [6.45, 7) is 12.8. The van der Waals surface area contributed by atoms with E-state index in [0.717, 1.165) is 22.4 Å². The third-order valence-corrected chi connectivity index (χ3v) is 6.37. The minimum absolute atomic E-state index is 0.0588. The molecule has 0 spiro atoms. The Morgan fingerprint density at radius 3 is 2.45 bits per heavy atom. The van der Waals surface area contributed by atoms with Crippen LogP contribution < -0.4 is 15.1 Å². The Morgan fingerprint density at radius 2 is 1.79 bits per heavy atom. The highest BCUT2D eigenvalue weighted by atomic mass is 32.1. The SMILES string of the molecule is CC1=CC(C)(C)N(C(C)C)c2ccc(/C=C3\C(=O)NC(=S)N(c4cccc(C)c4)C3=O)cc21. The van der Waals surface area contributed by atoms with E-state index in [2.05, 4.69) is 57.0 Å². The van der Waals surface area contributed by atoms with E-state index in [0.29, 0.717) is 11.7 Å². The van der Waals surface area contributed by atoms with Gasteiger partial charge in [-0.1, -0.05) is 24.3 Å². The molecule has 0 radical (unpaired) electrons. The molecule has 0 saturated carbocycles. The van der Waals surface area contributed by atoms with E-state index in [1.165, 1.54) is 10.5 Å². The van der Waals surface area contributed by atoms with Crippen LogP contribution in [0.2, 0.25) is 0 Å². The fraction of sp³-hybridized carbons (Fsp3) is 0.296. The van der Waals surface area contributed by atoms with Crippen LogP contribution in [-0.2, 0) is 9.59 Å². The first-order valence-corrected chi connectivity index (χ1v) is 11.5. The molecule has 0 atom stereocenters. The number of nitrogens with zero attached hydrogens (tertiary/aromatic N) is 2. The smallest absolute Gasteiger partial charge is 0.270 e. The molecule has 5 nitrogen and oxygen atoms in total. The lowest BCUT2D eigenvalue weighted by Crippen LogP contribution is -2.54. The number of rotatable bonds is 3. The van der Waals surface area contributed by atoms with Gasteiger partial charge in [-0.05, 0) is 101 Å². The maximum Gasteiger partial charge on any atom is 0.270 e. The number of amides is 2. The average molecular weight is 460 g/mol. The van der Waals surface area contributed by atoms with Crippen molar-refractivity contribution in [1.82, 2.24) is 5.32 Å². The van der Waals surface area contributed by atoms with E-state index in [4.69, 9.17) is 12.2 Å². The number of allylic oxidation sites excluding steroid dienone is 1. The van der Waals surface area contributed by atoms with Crippen molar-refractivity contribution in [2.24, 2.45) is 0 Å². The molecule has 2 aliphatic heterocycles. The third kappa shape index (κ3) is 4.11. The van der Waals surface area contributed by atoms with Crippen LogP contribution in [0.15, 0.2) is 54.1 Å². The largest absolute Gasteiger partial charge is 0.360 e. The number of anilines is 2. The van der Waals surface area contributed by atoms with Gasteiger partial charge in [-0.2, -0.15) is 0 Å². The summed E-state index contributed by atoms with van der Waals surface area (Å²) >= 11 is 5.31. The minimum Gasteiger partial charge on any atom is -0.360 e. The van der Waals surface area contributed by atoms with Crippen LogP contribution in [-0.4, -0.2) is 28.5 Å². The highest BCUT2D eigenvalue weighted by Crippen LogP contribution is 2.40. The fourth-order valence-corrected chi connectivity index (χ4v) is 5.21. The summed E-state index contributed by atoms with van der Waals surface area (Å²) in [7, 11) is 0. The summed E-state index contributed by atoms with van der Waals surface area (Å²) < 4.78 is 0. The molecule has 2 heterocycles. The number of thiocarbonyl (C=S) groups is 1. The molecule has 0 bridgehead atoms. The molecule has 2 aliphatic rings. The summed E-state index contributed by atoms with van der Waals surface area (Å²) in [6.07, 6.45) is 3.91. The Labute approximate surface area is 200 Å². The molecule has 33 heavy (non-hydrogen) atoms. The molecule has 0 unspecified atom stereocenters. The summed E-state index contributed by atoms with van der Waals surface area (Å²) in [6, 6.07) is 13.9. The highest BCUT2D eigenvalue weighted by Gasteiger charge is 2.35. The molecule has 4 rings (SSSR count). The van der Waals surface area contributed by atoms with Gasteiger partial charge in [-0.3, -0.25) is 19.8 Å². The van der Waals surface area contributed by atoms with Crippen LogP contribution in [0.5, 0.6) is 0 Å². The summed E-state index contributed by atoms with van der Waals surface area (Å²) in [5.41, 5.74) is 5.81. The topological polar surface area (TPSA) is 52.7 Å². The zero-order chi connectivity index (χ0) is 24.1. The van der Waals surface area contributed by atoms with E-state index in [-0.39, 0.29) is 16.2 Å². The number of carbonyl (C=O) groups is 2. The third-order valence-electron chi connectivity index (χ3n) is 6.08. The van der Waals surface area contributed by atoms with Crippen LogP contribution in [0.3, 0.4) is 0 Å². The second-order valence-corrected chi connectivity index (χ2v) is 9.90. The Kier molecular flexibility index (Phi) is 5.74. The molecule has 2 amide bonds. The van der Waals surface area contributed by atoms with Gasteiger partial charge in [-0.25, -0.2) is 0 Å². The molecular formula is C27H29N3O2S. The number of hydrogen-bond donors (Lipinski definition) is 1. The number of benzene rings is 2. The van der Waals surface area contributed by atoms with Gasteiger partial charge in [0.05, 0.1) is 11.2 Å². The Morgan fingerprint density at radius 1 is 1.06 bits per heavy atom. The van der Waals surface area contributed by atoms with Crippen molar-refractivity contribution < 1.29 is 9.59 Å². The van der Waals surface area contributed by atoms with Crippen molar-refractivity contribution in [2.45, 2.75) is 53.1 Å². The molecule has 170 valence electrons. The molecule has 0 aromatic heterocycles. The van der Waals surface area contributed by atoms with Gasteiger partial charge in [0, 0.05) is 17.3 Å². The monoisotopic (exact) mass is 459 g/mol. The predicted molar refractivity (Wildman–Crippen MR) is 139 cm³/mol. The Balaban J connectivity index is 1.76. The molecule has 2 aromatic carbocycles. The molecule has 6 heteroatoms. The second kappa shape index (κ2) is 8.27. The maximum absolute atomic E-state index is 13.3. The van der Waals surface area contributed by atoms with Crippen molar-refractivity contribution in [3.8, 4) is 0 Å². The van der Waals surface area contributed by atoms with Gasteiger partial charge >= 0.3 is 0 Å². The van der Waals surface area contributed by atoms with Crippen molar-refractivity contribution in [3.63, 3.8) is 0 Å². The Bertz CT molecular complexity index is 1240. The van der Waals surface area contributed by atoms with Gasteiger partial charge in [0.25, 0.3) is 11.8 Å². The number of carbonyl (C=O) groups excluding carboxylic acids is 2. The molecule has 0 aliphatic carbocycles. The van der Waals surface area contributed by atoms with Crippen molar-refractivity contribution in [3.05, 3.63) is 70.8 Å². The molecule has 2 aromatic rings. The molecule has 1 saturated heterocycles. The van der Waals surface area contributed by atoms with Crippen molar-refractivity contribution >= 4 is 52.2 Å². The number of aryl methyl sites for hydroxylation is 1. The maximum atomic E-state index is 13.3. The number of fused-ring (bicyclic) bond motifs is 1. The summed E-state index contributed by atoms with van der Waals surface area (Å²) in [5, 5.41) is 2.75. The van der Waals surface area contributed by atoms with Gasteiger partial charge < -0.3 is 4.90 Å². The zero-order valence-electron chi connectivity index (χ0n) is 19.9. The van der Waals surface area contributed by atoms with E-state index in [1.807, 2.05) is 43.3 Å². The summed E-state index contributed by atoms with van der Waals surface area (Å²) in [5.74, 6) is -0.909. The first-order valence-electron chi connectivity index (χ1n) is 11.1. The molecular weight excluding hydrogens is 430 g/mol. The van der Waals surface area contributed by atoms with Gasteiger partial charge in [0.2, 0.25) is 0 Å². The molecule has 1 fully saturated rings. The lowest BCUT2D eigenvalue weighted by Gasteiger charge is -2.46. The van der Waals surface area contributed by atoms with E-state index in [9.17, 15) is 9.59 Å². The second-order valence-electron chi connectivity index (χ2n) is 9.52. The first kappa shape index (κ1) is 22.9. The van der Waals surface area contributed by atoms with E-state index in [1.54, 1.807) is 6.08 Å². The van der Waals surface area contributed by atoms with Gasteiger partial charge in [0.15, 0.2) is 5.11 Å². The lowest BCUT2D eigenvalue weighted by molar-refractivity contribution is -0.122. The number of nitrogens with one attached hydrogen (secondary N) is 1. The predicted octanol–water partition coefficient (Wildman–Crippen LogP) is 5.24. The normalized spacial score (nSPS) is 19.1. The highest BCUT2D eigenvalue weighted by molar-refractivity contribution is 7.80. The van der Waals surface area contributed by atoms with Crippen LogP contribution in [0.1, 0.15) is 51.3 Å². The molecule has 1 N–H and O–H groups in total. The van der Waals surface area contributed by atoms with Crippen LogP contribution in [0.4, 0.5) is 11.4 Å².